The van der Waals surface area contributed by atoms with Crippen molar-refractivity contribution in [3.8, 4) is 0 Å². The minimum Gasteiger partial charge on any atom is -0.396 e. The van der Waals surface area contributed by atoms with E-state index >= 15 is 0 Å². The van der Waals surface area contributed by atoms with Crippen molar-refractivity contribution in [3.63, 3.8) is 0 Å². The number of nitrogens with one attached hydrogen (secondary N) is 1. The highest BCUT2D eigenvalue weighted by Gasteiger charge is 2.20. The van der Waals surface area contributed by atoms with Crippen molar-refractivity contribution in [2.75, 3.05) is 11.1 Å². The number of benzene rings is 2. The number of nitrogen functional groups attached to an aromatic ring is 1. The van der Waals surface area contributed by atoms with E-state index in [1.54, 1.807) is 0 Å². The first-order chi connectivity index (χ1) is 10.3. The summed E-state index contributed by atoms with van der Waals surface area (Å²) in [7, 11) is 0. The summed E-state index contributed by atoms with van der Waals surface area (Å²) in [5, 5.41) is 24.8. The van der Waals surface area contributed by atoms with Gasteiger partial charge in [-0.2, -0.15) is 0 Å². The maximum Gasteiger partial charge on any atom is 0.299 e. The average molecular weight is 343 g/mol. The Labute approximate surface area is 133 Å². The predicted molar refractivity (Wildman–Crippen MR) is 83.9 cm³/mol. The topological polar surface area (TPSA) is 124 Å². The number of non-ortho nitro benzene ring substituents is 1. The van der Waals surface area contributed by atoms with Crippen LogP contribution >= 0.6 is 23.2 Å². The van der Waals surface area contributed by atoms with Crippen LogP contribution in [0.3, 0.4) is 0 Å². The minimum absolute atomic E-state index is 0.0625. The van der Waals surface area contributed by atoms with Gasteiger partial charge in [-0.1, -0.05) is 23.2 Å². The van der Waals surface area contributed by atoms with Crippen LogP contribution in [0.1, 0.15) is 0 Å². The fourth-order valence-corrected chi connectivity index (χ4v) is 2.19. The zero-order valence-electron chi connectivity index (χ0n) is 10.7. The Morgan fingerprint density at radius 2 is 1.59 bits per heavy atom. The van der Waals surface area contributed by atoms with Gasteiger partial charge in [-0.3, -0.25) is 20.2 Å². The highest BCUT2D eigenvalue weighted by molar-refractivity contribution is 6.39. The van der Waals surface area contributed by atoms with Gasteiger partial charge in [0.15, 0.2) is 0 Å². The number of nitro groups is 2. The Bertz CT molecular complexity index is 759. The summed E-state index contributed by atoms with van der Waals surface area (Å²) in [6, 6.07) is 6.12. The van der Waals surface area contributed by atoms with Crippen molar-refractivity contribution in [1.82, 2.24) is 0 Å². The van der Waals surface area contributed by atoms with Crippen LogP contribution in [-0.4, -0.2) is 9.85 Å². The van der Waals surface area contributed by atoms with Crippen molar-refractivity contribution in [3.05, 3.63) is 60.6 Å². The van der Waals surface area contributed by atoms with Gasteiger partial charge in [0, 0.05) is 11.8 Å². The zero-order chi connectivity index (χ0) is 16.4. The second-order valence-corrected chi connectivity index (χ2v) is 5.01. The van der Waals surface area contributed by atoms with Gasteiger partial charge in [0.25, 0.3) is 11.4 Å². The van der Waals surface area contributed by atoms with Crippen molar-refractivity contribution in [1.29, 1.82) is 0 Å². The fourth-order valence-electron chi connectivity index (χ4n) is 1.70. The number of halogens is 2. The maximum absolute atomic E-state index is 11.0. The van der Waals surface area contributed by atoms with E-state index < -0.39 is 15.5 Å². The molecule has 0 amide bonds. The van der Waals surface area contributed by atoms with Gasteiger partial charge >= 0.3 is 0 Å². The molecule has 0 saturated heterocycles. The number of nitrogens with zero attached hydrogens (tertiary/aromatic N) is 2. The number of hydrogen-bond donors (Lipinski definition) is 2. The molecule has 0 bridgehead atoms. The van der Waals surface area contributed by atoms with Gasteiger partial charge < -0.3 is 11.1 Å². The third-order valence-corrected chi connectivity index (χ3v) is 3.37. The van der Waals surface area contributed by atoms with E-state index in [1.165, 1.54) is 18.2 Å². The minimum atomic E-state index is -0.726. The molecule has 2 aromatic rings. The lowest BCUT2D eigenvalue weighted by atomic mass is 10.2. The van der Waals surface area contributed by atoms with E-state index in [1.807, 2.05) is 0 Å². The quantitative estimate of drug-likeness (QED) is 0.488. The first kappa shape index (κ1) is 15.8. The molecule has 22 heavy (non-hydrogen) atoms. The summed E-state index contributed by atoms with van der Waals surface area (Å²) in [6.07, 6.45) is 0. The smallest absolute Gasteiger partial charge is 0.299 e. The van der Waals surface area contributed by atoms with Crippen LogP contribution in [0, 0.1) is 20.2 Å². The lowest BCUT2D eigenvalue weighted by Gasteiger charge is -2.09. The third kappa shape index (κ3) is 3.18. The molecule has 8 nitrogen and oxygen atoms in total. The molecule has 0 aliphatic carbocycles. The molecule has 0 unspecified atom stereocenters. The van der Waals surface area contributed by atoms with E-state index in [4.69, 9.17) is 28.9 Å². The molecule has 0 aliphatic heterocycles. The van der Waals surface area contributed by atoms with Crippen molar-refractivity contribution < 1.29 is 9.85 Å². The summed E-state index contributed by atoms with van der Waals surface area (Å²) in [4.78, 5) is 20.3. The molecule has 0 aliphatic rings. The Kier molecular flexibility index (Phi) is 4.34. The summed E-state index contributed by atoms with van der Waals surface area (Å²) < 4.78 is 0. The molecule has 10 heteroatoms. The molecule has 0 radical (unpaired) electrons. The third-order valence-electron chi connectivity index (χ3n) is 2.75. The van der Waals surface area contributed by atoms with Crippen LogP contribution in [0.5, 0.6) is 0 Å². The summed E-state index contributed by atoms with van der Waals surface area (Å²) in [5.41, 5.74) is 5.38. The Balaban J connectivity index is 2.45. The van der Waals surface area contributed by atoms with Gasteiger partial charge in [0.05, 0.1) is 31.6 Å². The first-order valence-electron chi connectivity index (χ1n) is 5.74. The molecule has 0 aromatic heterocycles. The van der Waals surface area contributed by atoms with Gasteiger partial charge in [-0.15, -0.1) is 0 Å². The molecule has 0 atom stereocenters. The van der Waals surface area contributed by atoms with E-state index in [0.717, 1.165) is 12.1 Å². The van der Waals surface area contributed by atoms with E-state index in [9.17, 15) is 20.2 Å². The summed E-state index contributed by atoms with van der Waals surface area (Å²) in [6.45, 7) is 0. The van der Waals surface area contributed by atoms with Crippen LogP contribution in [0.4, 0.5) is 28.4 Å². The van der Waals surface area contributed by atoms with Gasteiger partial charge in [0.1, 0.15) is 5.69 Å². The van der Waals surface area contributed by atoms with Crippen LogP contribution in [0.15, 0.2) is 30.3 Å². The Morgan fingerprint density at radius 1 is 1.00 bits per heavy atom. The number of nitrogens with two attached hydrogens (primary N) is 1. The van der Waals surface area contributed by atoms with Crippen molar-refractivity contribution in [2.45, 2.75) is 0 Å². The van der Waals surface area contributed by atoms with E-state index in [0.29, 0.717) is 5.69 Å². The highest BCUT2D eigenvalue weighted by Crippen LogP contribution is 2.35. The van der Waals surface area contributed by atoms with Crippen LogP contribution in [-0.2, 0) is 0 Å². The zero-order valence-corrected chi connectivity index (χ0v) is 12.3. The van der Waals surface area contributed by atoms with Gasteiger partial charge in [-0.05, 0) is 18.2 Å². The van der Waals surface area contributed by atoms with Crippen LogP contribution < -0.4 is 11.1 Å². The molecule has 0 fully saturated rings. The second-order valence-electron chi connectivity index (χ2n) is 4.19. The fraction of sp³-hybridized carbons (Fsp3) is 0. The van der Waals surface area contributed by atoms with Gasteiger partial charge in [0.2, 0.25) is 0 Å². The number of nitro benzene ring substituents is 2. The molecular formula is C12H8Cl2N4O4. The normalized spacial score (nSPS) is 10.3. The largest absolute Gasteiger partial charge is 0.396 e. The molecule has 0 saturated carbocycles. The molecule has 2 aromatic carbocycles. The van der Waals surface area contributed by atoms with Crippen LogP contribution in [0.25, 0.3) is 0 Å². The van der Waals surface area contributed by atoms with Crippen molar-refractivity contribution in [2.24, 2.45) is 0 Å². The molecule has 0 spiro atoms. The molecule has 2 rings (SSSR count). The monoisotopic (exact) mass is 342 g/mol. The molecule has 0 heterocycles. The van der Waals surface area contributed by atoms with E-state index in [-0.39, 0.29) is 27.1 Å². The van der Waals surface area contributed by atoms with E-state index in [2.05, 4.69) is 5.32 Å². The summed E-state index contributed by atoms with van der Waals surface area (Å²) >= 11 is 11.8. The lowest BCUT2D eigenvalue weighted by Crippen LogP contribution is -1.99. The lowest BCUT2D eigenvalue weighted by molar-refractivity contribution is -0.393. The molecular weight excluding hydrogens is 335 g/mol. The second kappa shape index (κ2) is 6.04. The average Bonchev–Trinajstić information content (AvgIpc) is 2.44. The highest BCUT2D eigenvalue weighted by atomic mass is 35.5. The molecule has 3 N–H and O–H groups in total. The number of rotatable bonds is 4. The van der Waals surface area contributed by atoms with Gasteiger partial charge in [-0.25, -0.2) is 0 Å². The SMILES string of the molecule is Nc1c(Cl)cc(Nc2ccc([N+](=O)[O-])cc2[N+](=O)[O-])cc1Cl. The maximum atomic E-state index is 11.0. The number of anilines is 3. The Hall–Kier alpha value is -2.58. The summed E-state index contributed by atoms with van der Waals surface area (Å²) in [5.74, 6) is 0. The number of hydrogen-bond acceptors (Lipinski definition) is 6. The molecule has 114 valence electrons. The Morgan fingerprint density at radius 3 is 2.09 bits per heavy atom. The predicted octanol–water partition coefficient (Wildman–Crippen LogP) is 4.14. The standard InChI is InChI=1S/C12H8Cl2N4O4/c13-8-3-6(4-9(14)12(8)15)16-10-2-1-7(17(19)20)5-11(10)18(21)22/h1-5,16H,15H2. The first-order valence-corrected chi connectivity index (χ1v) is 6.49. The van der Waals surface area contributed by atoms with Crippen molar-refractivity contribution >= 4 is 51.6 Å². The van der Waals surface area contributed by atoms with Crippen LogP contribution in [0.2, 0.25) is 10.0 Å².